The number of aromatic nitrogens is 2. The third-order valence-corrected chi connectivity index (χ3v) is 7.38. The molecule has 2 rings (SSSR count). The van der Waals surface area contributed by atoms with Crippen molar-refractivity contribution in [3.63, 3.8) is 0 Å². The average molecular weight is 342 g/mol. The second-order valence-electron chi connectivity index (χ2n) is 4.85. The molecule has 0 saturated carbocycles. The number of rotatable bonds is 3. The Balaban J connectivity index is 2.41. The molecule has 1 unspecified atom stereocenters. The number of hydrogen-bond acceptors (Lipinski definition) is 5. The lowest BCUT2D eigenvalue weighted by molar-refractivity contribution is 0.355. The maximum absolute atomic E-state index is 12.6. The molecule has 1 aromatic heterocycles. The molecule has 1 aromatic rings. The van der Waals surface area contributed by atoms with Gasteiger partial charge in [0.15, 0.2) is 14.9 Å². The summed E-state index contributed by atoms with van der Waals surface area (Å²) in [4.78, 5) is 0. The predicted molar refractivity (Wildman–Crippen MR) is 74.9 cm³/mol. The minimum Gasteiger partial charge on any atom is -0.281 e. The first-order valence-corrected chi connectivity index (χ1v) is 9.80. The smallest absolute Gasteiger partial charge is 0.263 e. The third kappa shape index (κ3) is 2.72. The molecule has 1 saturated heterocycles. The molecule has 0 spiro atoms. The number of halogens is 1. The Labute approximate surface area is 123 Å². The summed E-state index contributed by atoms with van der Waals surface area (Å²) >= 11 is 5.77. The van der Waals surface area contributed by atoms with E-state index in [0.29, 0.717) is 11.3 Å². The molecule has 7 nitrogen and oxygen atoms in total. The first-order valence-electron chi connectivity index (χ1n) is 6.01. The monoisotopic (exact) mass is 341 g/mol. The van der Waals surface area contributed by atoms with Crippen molar-refractivity contribution in [1.29, 1.82) is 0 Å². The van der Waals surface area contributed by atoms with Crippen molar-refractivity contribution in [2.45, 2.75) is 30.8 Å². The van der Waals surface area contributed by atoms with Crippen LogP contribution in [0.15, 0.2) is 5.03 Å². The standard InChI is InChI=1S/C10H16ClN3O4S2/c1-7-6-19(15,16)4-3-14(7)20(17,18)10-9(5-11)8(2)12-13-10/h7H,3-6H2,1-2H3,(H,12,13). The van der Waals surface area contributed by atoms with Crippen molar-refractivity contribution >= 4 is 31.5 Å². The van der Waals surface area contributed by atoms with E-state index >= 15 is 0 Å². The number of H-pyrrole nitrogens is 1. The zero-order chi connectivity index (χ0) is 15.1. The van der Waals surface area contributed by atoms with Gasteiger partial charge in [-0.25, -0.2) is 16.8 Å². The van der Waals surface area contributed by atoms with Crippen molar-refractivity contribution in [3.05, 3.63) is 11.3 Å². The van der Waals surface area contributed by atoms with Crippen LogP contribution in [-0.4, -0.2) is 55.4 Å². The summed E-state index contributed by atoms with van der Waals surface area (Å²) in [6.45, 7) is 3.21. The number of nitrogens with zero attached hydrogens (tertiary/aromatic N) is 2. The van der Waals surface area contributed by atoms with Crippen LogP contribution in [0.3, 0.4) is 0 Å². The predicted octanol–water partition coefficient (Wildman–Crippen LogP) is 0.265. The molecule has 1 atom stereocenters. The summed E-state index contributed by atoms with van der Waals surface area (Å²) < 4.78 is 49.4. The van der Waals surface area contributed by atoms with Crippen molar-refractivity contribution < 1.29 is 16.8 Å². The summed E-state index contributed by atoms with van der Waals surface area (Å²) in [6.07, 6.45) is 0. The zero-order valence-electron chi connectivity index (χ0n) is 11.1. The minimum absolute atomic E-state index is 0.0252. The van der Waals surface area contributed by atoms with Crippen LogP contribution in [0.4, 0.5) is 0 Å². The number of nitrogens with one attached hydrogen (secondary N) is 1. The SMILES string of the molecule is Cc1[nH]nc(S(=O)(=O)N2CCS(=O)(=O)CC2C)c1CCl. The van der Waals surface area contributed by atoms with Gasteiger partial charge in [0, 0.05) is 23.8 Å². The Hall–Kier alpha value is -0.640. The zero-order valence-corrected chi connectivity index (χ0v) is 13.5. The Bertz CT molecular complexity index is 711. The summed E-state index contributed by atoms with van der Waals surface area (Å²) in [5.41, 5.74) is 1.02. The number of alkyl halides is 1. The van der Waals surface area contributed by atoms with Gasteiger partial charge in [-0.15, -0.1) is 11.6 Å². The third-order valence-electron chi connectivity index (χ3n) is 3.33. The molecular weight excluding hydrogens is 326 g/mol. The highest BCUT2D eigenvalue weighted by Crippen LogP contribution is 2.25. The van der Waals surface area contributed by atoms with Gasteiger partial charge in [-0.3, -0.25) is 5.10 Å². The number of aromatic amines is 1. The molecule has 0 bridgehead atoms. The summed E-state index contributed by atoms with van der Waals surface area (Å²) in [5.74, 6) is -0.320. The van der Waals surface area contributed by atoms with Crippen LogP contribution < -0.4 is 0 Å². The summed E-state index contributed by atoms with van der Waals surface area (Å²) in [5, 5.41) is 6.31. The van der Waals surface area contributed by atoms with Crippen LogP contribution in [0.5, 0.6) is 0 Å². The van der Waals surface area contributed by atoms with E-state index < -0.39 is 25.9 Å². The van der Waals surface area contributed by atoms with Gasteiger partial charge in [-0.1, -0.05) is 0 Å². The molecule has 10 heteroatoms. The summed E-state index contributed by atoms with van der Waals surface area (Å²) in [6, 6.07) is -0.612. The van der Waals surface area contributed by atoms with E-state index in [-0.39, 0.29) is 29.0 Å². The van der Waals surface area contributed by atoms with Crippen LogP contribution in [0.1, 0.15) is 18.2 Å². The molecule has 0 aromatic carbocycles. The van der Waals surface area contributed by atoms with Crippen LogP contribution in [0.25, 0.3) is 0 Å². The van der Waals surface area contributed by atoms with Gasteiger partial charge in [-0.05, 0) is 13.8 Å². The van der Waals surface area contributed by atoms with Crippen molar-refractivity contribution in [2.75, 3.05) is 18.1 Å². The maximum atomic E-state index is 12.6. The Kier molecular flexibility index (Phi) is 4.16. The van der Waals surface area contributed by atoms with Crippen LogP contribution in [0, 0.1) is 6.92 Å². The highest BCUT2D eigenvalue weighted by molar-refractivity contribution is 7.92. The molecule has 0 amide bonds. The molecule has 1 N–H and O–H groups in total. The van der Waals surface area contributed by atoms with Gasteiger partial charge >= 0.3 is 0 Å². The number of hydrogen-bond donors (Lipinski definition) is 1. The maximum Gasteiger partial charge on any atom is 0.263 e. The highest BCUT2D eigenvalue weighted by atomic mass is 35.5. The molecule has 0 radical (unpaired) electrons. The highest BCUT2D eigenvalue weighted by Gasteiger charge is 2.38. The van der Waals surface area contributed by atoms with Crippen LogP contribution in [0.2, 0.25) is 0 Å². The fraction of sp³-hybridized carbons (Fsp3) is 0.700. The van der Waals surface area contributed by atoms with Gasteiger partial charge in [0.05, 0.1) is 17.4 Å². The van der Waals surface area contributed by atoms with E-state index in [1.807, 2.05) is 0 Å². The Morgan fingerprint density at radius 2 is 2.15 bits per heavy atom. The fourth-order valence-electron chi connectivity index (χ4n) is 2.25. The van der Waals surface area contributed by atoms with Crippen LogP contribution >= 0.6 is 11.6 Å². The minimum atomic E-state index is -3.84. The number of sulfone groups is 1. The van der Waals surface area contributed by atoms with Gasteiger partial charge in [0.2, 0.25) is 0 Å². The first kappa shape index (κ1) is 15.7. The van der Waals surface area contributed by atoms with E-state index in [2.05, 4.69) is 10.2 Å². The largest absolute Gasteiger partial charge is 0.281 e. The lowest BCUT2D eigenvalue weighted by Crippen LogP contribution is -2.49. The Morgan fingerprint density at radius 3 is 2.70 bits per heavy atom. The lowest BCUT2D eigenvalue weighted by atomic mass is 10.3. The molecule has 1 aliphatic heterocycles. The van der Waals surface area contributed by atoms with E-state index in [9.17, 15) is 16.8 Å². The number of aryl methyl sites for hydroxylation is 1. The number of sulfonamides is 1. The van der Waals surface area contributed by atoms with Crippen LogP contribution in [-0.2, 0) is 25.7 Å². The summed E-state index contributed by atoms with van der Waals surface area (Å²) in [7, 11) is -7.02. The van der Waals surface area contributed by atoms with Crippen molar-refractivity contribution in [2.24, 2.45) is 0 Å². The topological polar surface area (TPSA) is 100 Å². The van der Waals surface area contributed by atoms with Gasteiger partial charge in [-0.2, -0.15) is 9.40 Å². The lowest BCUT2D eigenvalue weighted by Gasteiger charge is -2.31. The molecular formula is C10H16ClN3O4S2. The fourth-order valence-corrected chi connectivity index (χ4v) is 6.22. The molecule has 1 aliphatic rings. The van der Waals surface area contributed by atoms with E-state index in [0.717, 1.165) is 0 Å². The second-order valence-corrected chi connectivity index (χ2v) is 9.15. The van der Waals surface area contributed by atoms with E-state index in [1.54, 1.807) is 13.8 Å². The molecule has 1 fully saturated rings. The molecule has 0 aliphatic carbocycles. The first-order chi connectivity index (χ1) is 9.19. The van der Waals surface area contributed by atoms with Gasteiger partial charge < -0.3 is 0 Å². The van der Waals surface area contributed by atoms with Gasteiger partial charge in [0.25, 0.3) is 10.0 Å². The average Bonchev–Trinajstić information content (AvgIpc) is 2.69. The van der Waals surface area contributed by atoms with E-state index in [1.165, 1.54) is 4.31 Å². The molecule has 114 valence electrons. The second kappa shape index (κ2) is 5.28. The Morgan fingerprint density at radius 1 is 1.50 bits per heavy atom. The van der Waals surface area contributed by atoms with E-state index in [4.69, 9.17) is 11.6 Å². The van der Waals surface area contributed by atoms with Crippen molar-refractivity contribution in [3.8, 4) is 0 Å². The van der Waals surface area contributed by atoms with Gasteiger partial charge in [0.1, 0.15) is 0 Å². The van der Waals surface area contributed by atoms with Crippen molar-refractivity contribution in [1.82, 2.24) is 14.5 Å². The normalized spacial score (nSPS) is 23.9. The molecule has 20 heavy (non-hydrogen) atoms. The molecule has 2 heterocycles. The quantitative estimate of drug-likeness (QED) is 0.795.